The molecule has 0 aliphatic carbocycles. The molecule has 0 aromatic carbocycles. The smallest absolute Gasteiger partial charge is 0.234 e. The molecule has 1 aromatic heterocycles. The van der Waals surface area contributed by atoms with E-state index in [2.05, 4.69) is 4.98 Å². The zero-order valence-electron chi connectivity index (χ0n) is 8.90. The highest BCUT2D eigenvalue weighted by atomic mass is 16.4. The van der Waals surface area contributed by atoms with Crippen LogP contribution in [0.5, 0.6) is 0 Å². The van der Waals surface area contributed by atoms with Crippen LogP contribution < -0.4 is 4.90 Å². The van der Waals surface area contributed by atoms with Gasteiger partial charge < -0.3 is 14.2 Å². The van der Waals surface area contributed by atoms with Gasteiger partial charge in [-0.1, -0.05) is 0 Å². The first-order valence-electron chi connectivity index (χ1n) is 4.26. The number of rotatable bonds is 3. The van der Waals surface area contributed by atoms with Crippen LogP contribution in [0.1, 0.15) is 11.6 Å². The molecule has 0 N–H and O–H groups in total. The van der Waals surface area contributed by atoms with E-state index in [-0.39, 0.29) is 0 Å². The van der Waals surface area contributed by atoms with Crippen LogP contribution in [0.15, 0.2) is 4.42 Å². The number of hydrogen-bond donors (Lipinski definition) is 0. The van der Waals surface area contributed by atoms with Gasteiger partial charge in [0.2, 0.25) is 17.5 Å². The van der Waals surface area contributed by atoms with Crippen molar-refractivity contribution in [2.45, 2.75) is 6.54 Å². The van der Waals surface area contributed by atoms with E-state index in [1.165, 1.54) is 0 Å². The molecule has 5 heteroatoms. The molecule has 0 fully saturated rings. The van der Waals surface area contributed by atoms with Gasteiger partial charge in [0.05, 0.1) is 6.54 Å². The second-order valence-electron chi connectivity index (χ2n) is 3.51. The van der Waals surface area contributed by atoms with E-state index in [4.69, 9.17) is 9.68 Å². The van der Waals surface area contributed by atoms with E-state index < -0.39 is 0 Å². The summed E-state index contributed by atoms with van der Waals surface area (Å²) in [5, 5.41) is 8.80. The Balaban J connectivity index is 2.96. The number of aromatic nitrogens is 1. The molecule has 5 nitrogen and oxygen atoms in total. The normalized spacial score (nSPS) is 10.3. The minimum absolute atomic E-state index is 0.340. The molecule has 1 aromatic rings. The molecular weight excluding hydrogens is 180 g/mol. The fourth-order valence-electron chi connectivity index (χ4n) is 1.07. The molecule has 0 unspecified atom stereocenters. The van der Waals surface area contributed by atoms with E-state index in [0.29, 0.717) is 24.0 Å². The lowest BCUT2D eigenvalue weighted by Crippen LogP contribution is -2.11. The molecule has 76 valence electrons. The Bertz CT molecular complexity index is 348. The van der Waals surface area contributed by atoms with Crippen LogP contribution in [0.3, 0.4) is 0 Å². The molecule has 0 bridgehead atoms. The van der Waals surface area contributed by atoms with Gasteiger partial charge in [-0.05, 0) is 14.1 Å². The van der Waals surface area contributed by atoms with E-state index in [1.807, 2.05) is 39.2 Å². The number of nitriles is 1. The molecule has 0 atom stereocenters. The van der Waals surface area contributed by atoms with Crippen molar-refractivity contribution in [2.24, 2.45) is 0 Å². The highest BCUT2D eigenvalue weighted by Gasteiger charge is 2.14. The minimum Gasteiger partial charge on any atom is -0.422 e. The number of anilines is 1. The summed E-state index contributed by atoms with van der Waals surface area (Å²) in [6.45, 7) is 0.600. The standard InChI is InChI=1S/C9H14N4O/c1-12(2)6-8-11-7(5-10)9(14-8)13(3)4/h6H2,1-4H3. The lowest BCUT2D eigenvalue weighted by atomic mass is 10.5. The molecule has 1 rings (SSSR count). The molecule has 0 aliphatic rings. The summed E-state index contributed by atoms with van der Waals surface area (Å²) < 4.78 is 5.43. The first-order chi connectivity index (χ1) is 6.54. The largest absolute Gasteiger partial charge is 0.422 e. The Morgan fingerprint density at radius 3 is 2.36 bits per heavy atom. The Hall–Kier alpha value is -1.54. The van der Waals surface area contributed by atoms with Crippen molar-refractivity contribution in [1.82, 2.24) is 9.88 Å². The third kappa shape index (κ3) is 2.24. The molecule has 0 aliphatic heterocycles. The van der Waals surface area contributed by atoms with Crippen molar-refractivity contribution in [2.75, 3.05) is 33.1 Å². The fourth-order valence-corrected chi connectivity index (χ4v) is 1.07. The first-order valence-corrected chi connectivity index (χ1v) is 4.26. The van der Waals surface area contributed by atoms with Gasteiger partial charge in [0.1, 0.15) is 6.07 Å². The van der Waals surface area contributed by atoms with Crippen LogP contribution in [0, 0.1) is 11.3 Å². The van der Waals surface area contributed by atoms with Crippen molar-refractivity contribution < 1.29 is 4.42 Å². The Morgan fingerprint density at radius 2 is 2.00 bits per heavy atom. The summed E-state index contributed by atoms with van der Waals surface area (Å²) in [5.41, 5.74) is 0.340. The van der Waals surface area contributed by atoms with E-state index in [9.17, 15) is 0 Å². The minimum atomic E-state index is 0.340. The fraction of sp³-hybridized carbons (Fsp3) is 0.556. The third-order valence-corrected chi connectivity index (χ3v) is 1.62. The summed E-state index contributed by atoms with van der Waals surface area (Å²) in [5.74, 6) is 1.08. The second-order valence-corrected chi connectivity index (χ2v) is 3.51. The highest BCUT2D eigenvalue weighted by Crippen LogP contribution is 2.19. The average molecular weight is 194 g/mol. The Morgan fingerprint density at radius 1 is 1.36 bits per heavy atom. The molecule has 0 saturated heterocycles. The van der Waals surface area contributed by atoms with Crippen molar-refractivity contribution in [1.29, 1.82) is 5.26 Å². The molecular formula is C9H14N4O. The Kier molecular flexibility index (Phi) is 3.10. The van der Waals surface area contributed by atoms with Gasteiger partial charge in [-0.15, -0.1) is 0 Å². The number of hydrogen-bond acceptors (Lipinski definition) is 5. The quantitative estimate of drug-likeness (QED) is 0.708. The maximum atomic E-state index is 8.80. The molecule has 0 spiro atoms. The summed E-state index contributed by atoms with van der Waals surface area (Å²) in [6, 6.07) is 2.01. The number of nitrogens with zero attached hydrogens (tertiary/aromatic N) is 4. The van der Waals surface area contributed by atoms with Crippen molar-refractivity contribution in [3.05, 3.63) is 11.6 Å². The predicted octanol–water partition coefficient (Wildman–Crippen LogP) is 0.674. The third-order valence-electron chi connectivity index (χ3n) is 1.62. The van der Waals surface area contributed by atoms with Crippen LogP contribution in [-0.4, -0.2) is 38.1 Å². The lowest BCUT2D eigenvalue weighted by molar-refractivity contribution is 0.343. The molecule has 1 heterocycles. The van der Waals surface area contributed by atoms with Gasteiger partial charge in [-0.3, -0.25) is 0 Å². The summed E-state index contributed by atoms with van der Waals surface area (Å²) in [4.78, 5) is 7.76. The van der Waals surface area contributed by atoms with E-state index >= 15 is 0 Å². The van der Waals surface area contributed by atoms with Crippen LogP contribution in [0.2, 0.25) is 0 Å². The summed E-state index contributed by atoms with van der Waals surface area (Å²) in [6.07, 6.45) is 0. The van der Waals surface area contributed by atoms with Gasteiger partial charge in [-0.2, -0.15) is 10.2 Å². The van der Waals surface area contributed by atoms with Gasteiger partial charge in [0.25, 0.3) is 0 Å². The summed E-state index contributed by atoms with van der Waals surface area (Å²) in [7, 11) is 7.48. The lowest BCUT2D eigenvalue weighted by Gasteiger charge is -2.07. The maximum absolute atomic E-state index is 8.80. The highest BCUT2D eigenvalue weighted by molar-refractivity contribution is 5.46. The molecule has 0 amide bonds. The van der Waals surface area contributed by atoms with Crippen LogP contribution in [-0.2, 0) is 6.54 Å². The average Bonchev–Trinajstić information content (AvgIpc) is 2.46. The predicted molar refractivity (Wildman–Crippen MR) is 52.9 cm³/mol. The zero-order chi connectivity index (χ0) is 10.7. The zero-order valence-corrected chi connectivity index (χ0v) is 8.90. The van der Waals surface area contributed by atoms with E-state index in [0.717, 1.165) is 0 Å². The summed E-state index contributed by atoms with van der Waals surface area (Å²) >= 11 is 0. The van der Waals surface area contributed by atoms with Crippen molar-refractivity contribution >= 4 is 5.88 Å². The van der Waals surface area contributed by atoms with Crippen molar-refractivity contribution in [3.63, 3.8) is 0 Å². The van der Waals surface area contributed by atoms with Gasteiger partial charge in [0.15, 0.2) is 0 Å². The molecule has 14 heavy (non-hydrogen) atoms. The van der Waals surface area contributed by atoms with Gasteiger partial charge in [-0.25, -0.2) is 0 Å². The van der Waals surface area contributed by atoms with Crippen LogP contribution >= 0.6 is 0 Å². The first kappa shape index (κ1) is 10.5. The SMILES string of the molecule is CN(C)Cc1nc(C#N)c(N(C)C)o1. The second kappa shape index (κ2) is 4.11. The van der Waals surface area contributed by atoms with Gasteiger partial charge in [0, 0.05) is 14.1 Å². The molecule has 0 radical (unpaired) electrons. The van der Waals surface area contributed by atoms with Crippen molar-refractivity contribution in [3.8, 4) is 6.07 Å². The molecule has 0 saturated carbocycles. The van der Waals surface area contributed by atoms with E-state index in [1.54, 1.807) is 4.90 Å². The van der Waals surface area contributed by atoms with Gasteiger partial charge >= 0.3 is 0 Å². The number of oxazole rings is 1. The monoisotopic (exact) mass is 194 g/mol. The topological polar surface area (TPSA) is 56.3 Å². The maximum Gasteiger partial charge on any atom is 0.234 e. The Labute approximate surface area is 83.5 Å². The van der Waals surface area contributed by atoms with Crippen LogP contribution in [0.25, 0.3) is 0 Å². The van der Waals surface area contributed by atoms with Crippen LogP contribution in [0.4, 0.5) is 5.88 Å².